The smallest absolute Gasteiger partial charge is 0.242 e. The Balaban J connectivity index is 1.81. The normalized spacial score (nSPS) is 11.3. The number of fused-ring (bicyclic) bond motifs is 1. The molecule has 0 bridgehead atoms. The van der Waals surface area contributed by atoms with E-state index in [2.05, 4.69) is 9.97 Å². The summed E-state index contributed by atoms with van der Waals surface area (Å²) in [5.41, 5.74) is 2.11. The van der Waals surface area contributed by atoms with Gasteiger partial charge in [-0.15, -0.1) is 0 Å². The molecule has 0 spiro atoms. The number of H-pyrrole nitrogens is 1. The van der Waals surface area contributed by atoms with Crippen molar-refractivity contribution in [2.75, 3.05) is 0 Å². The van der Waals surface area contributed by atoms with E-state index in [-0.39, 0.29) is 23.0 Å². The number of hydrogen-bond donors (Lipinski definition) is 3. The van der Waals surface area contributed by atoms with E-state index < -0.39 is 17.4 Å². The zero-order chi connectivity index (χ0) is 21.7. The highest BCUT2D eigenvalue weighted by atomic mass is 35.5. The van der Waals surface area contributed by atoms with Crippen molar-refractivity contribution in [1.82, 2.24) is 14.5 Å². The second kappa shape index (κ2) is 7.07. The Labute approximate surface area is 181 Å². The molecular formula is C23H16ClN3O4. The van der Waals surface area contributed by atoms with Crippen LogP contribution in [0.4, 0.5) is 0 Å². The lowest BCUT2D eigenvalue weighted by molar-refractivity contribution is 0.101. The van der Waals surface area contributed by atoms with Gasteiger partial charge in [0, 0.05) is 5.02 Å². The van der Waals surface area contributed by atoms with E-state index in [0.717, 1.165) is 5.52 Å². The fourth-order valence-electron chi connectivity index (χ4n) is 3.58. The molecule has 0 aliphatic carbocycles. The molecular weight excluding hydrogens is 418 g/mol. The van der Waals surface area contributed by atoms with Gasteiger partial charge in [-0.25, -0.2) is 9.55 Å². The first-order chi connectivity index (χ1) is 14.9. The molecule has 3 aromatic heterocycles. The van der Waals surface area contributed by atoms with Crippen molar-refractivity contribution in [3.63, 3.8) is 0 Å². The maximum atomic E-state index is 13.3. The van der Waals surface area contributed by atoms with Gasteiger partial charge < -0.3 is 19.6 Å². The minimum atomic E-state index is -0.569. The molecule has 0 radical (unpaired) electrons. The molecule has 0 unspecified atom stereocenters. The zero-order valence-electron chi connectivity index (χ0n) is 16.3. The zero-order valence-corrected chi connectivity index (χ0v) is 17.0. The van der Waals surface area contributed by atoms with E-state index in [9.17, 15) is 15.0 Å². The maximum absolute atomic E-state index is 13.3. The van der Waals surface area contributed by atoms with Gasteiger partial charge in [-0.1, -0.05) is 35.9 Å². The molecule has 5 rings (SSSR count). The SMILES string of the molecule is Cc1ccc(C(=O)c2c(O)c(O)n(-c3nc4ccccc4[nH]3)c2-c2ccc(Cl)cc2)o1. The largest absolute Gasteiger partial charge is 0.503 e. The van der Waals surface area contributed by atoms with Crippen LogP contribution in [0.15, 0.2) is 65.1 Å². The Morgan fingerprint density at radius 1 is 1.06 bits per heavy atom. The number of para-hydroxylation sites is 2. The third-order valence-corrected chi connectivity index (χ3v) is 5.27. The first kappa shape index (κ1) is 19.0. The molecule has 0 amide bonds. The van der Waals surface area contributed by atoms with Crippen LogP contribution in [0.2, 0.25) is 5.02 Å². The van der Waals surface area contributed by atoms with Gasteiger partial charge in [0.25, 0.3) is 0 Å². The van der Waals surface area contributed by atoms with Crippen molar-refractivity contribution < 1.29 is 19.4 Å². The number of nitrogens with one attached hydrogen (secondary N) is 1. The standard InChI is InChI=1S/C23H16ClN3O4/c1-12-6-11-17(31-12)20(28)18-19(13-7-9-14(24)10-8-13)27(22(30)21(18)29)23-25-15-4-2-3-5-16(15)26-23/h2-11,29-30H,1H3,(H,25,26). The molecule has 2 aromatic carbocycles. The average molecular weight is 434 g/mol. The highest BCUT2D eigenvalue weighted by Crippen LogP contribution is 2.44. The van der Waals surface area contributed by atoms with Crippen LogP contribution in [0.5, 0.6) is 11.6 Å². The summed E-state index contributed by atoms with van der Waals surface area (Å²) >= 11 is 6.04. The lowest BCUT2D eigenvalue weighted by Crippen LogP contribution is -2.05. The van der Waals surface area contributed by atoms with Gasteiger partial charge in [-0.3, -0.25) is 4.79 Å². The van der Waals surface area contributed by atoms with Crippen LogP contribution in [-0.4, -0.2) is 30.5 Å². The lowest BCUT2D eigenvalue weighted by Gasteiger charge is -2.09. The van der Waals surface area contributed by atoms with Crippen molar-refractivity contribution in [2.45, 2.75) is 6.92 Å². The molecule has 3 N–H and O–H groups in total. The Bertz CT molecular complexity index is 1410. The minimum absolute atomic E-state index is 0.0461. The highest BCUT2D eigenvalue weighted by molar-refractivity contribution is 6.30. The van der Waals surface area contributed by atoms with Gasteiger partial charge in [0.2, 0.25) is 17.6 Å². The van der Waals surface area contributed by atoms with E-state index in [1.165, 1.54) is 10.6 Å². The predicted molar refractivity (Wildman–Crippen MR) is 116 cm³/mol. The number of ketones is 1. The van der Waals surface area contributed by atoms with E-state index in [4.69, 9.17) is 16.0 Å². The molecule has 0 fully saturated rings. The average Bonchev–Trinajstić information content (AvgIpc) is 3.45. The molecule has 154 valence electrons. The first-order valence-electron chi connectivity index (χ1n) is 9.43. The summed E-state index contributed by atoms with van der Waals surface area (Å²) < 4.78 is 6.78. The monoisotopic (exact) mass is 433 g/mol. The van der Waals surface area contributed by atoms with E-state index >= 15 is 0 Å². The molecule has 0 saturated heterocycles. The maximum Gasteiger partial charge on any atom is 0.242 e. The minimum Gasteiger partial charge on any atom is -0.503 e. The number of hydrogen-bond acceptors (Lipinski definition) is 5. The van der Waals surface area contributed by atoms with Crippen LogP contribution < -0.4 is 0 Å². The van der Waals surface area contributed by atoms with Gasteiger partial charge in [0.15, 0.2) is 11.5 Å². The molecule has 3 heterocycles. The number of aryl methyl sites for hydroxylation is 1. The lowest BCUT2D eigenvalue weighted by atomic mass is 10.0. The van der Waals surface area contributed by atoms with Gasteiger partial charge >= 0.3 is 0 Å². The third-order valence-electron chi connectivity index (χ3n) is 5.02. The van der Waals surface area contributed by atoms with Crippen LogP contribution in [0.1, 0.15) is 21.9 Å². The number of aromatic hydroxyl groups is 2. The van der Waals surface area contributed by atoms with Gasteiger partial charge in [-0.2, -0.15) is 0 Å². The van der Waals surface area contributed by atoms with Gasteiger partial charge in [0.1, 0.15) is 5.76 Å². The summed E-state index contributed by atoms with van der Waals surface area (Å²) in [4.78, 5) is 20.9. The molecule has 7 nitrogen and oxygen atoms in total. The quantitative estimate of drug-likeness (QED) is 0.337. The summed E-state index contributed by atoms with van der Waals surface area (Å²) in [6.07, 6.45) is 0. The van der Waals surface area contributed by atoms with Crippen molar-refractivity contribution in [3.8, 4) is 28.8 Å². The molecule has 0 aliphatic heterocycles. The Morgan fingerprint density at radius 3 is 2.48 bits per heavy atom. The van der Waals surface area contributed by atoms with Crippen LogP contribution in [0, 0.1) is 6.92 Å². The number of benzene rings is 2. The number of carbonyl (C=O) groups is 1. The number of aromatic nitrogens is 3. The van der Waals surface area contributed by atoms with E-state index in [1.807, 2.05) is 24.3 Å². The Morgan fingerprint density at radius 2 is 1.81 bits per heavy atom. The Hall–Kier alpha value is -3.97. The van der Waals surface area contributed by atoms with Crippen LogP contribution >= 0.6 is 11.6 Å². The van der Waals surface area contributed by atoms with E-state index in [0.29, 0.717) is 21.9 Å². The second-order valence-corrected chi connectivity index (χ2v) is 7.49. The fraction of sp³-hybridized carbons (Fsp3) is 0.0435. The summed E-state index contributed by atoms with van der Waals surface area (Å²) in [5.74, 6) is -0.809. The van der Waals surface area contributed by atoms with Gasteiger partial charge in [-0.05, 0) is 48.9 Å². The molecule has 31 heavy (non-hydrogen) atoms. The topological polar surface area (TPSA) is 104 Å². The van der Waals surface area contributed by atoms with Crippen molar-refractivity contribution in [1.29, 1.82) is 0 Å². The predicted octanol–water partition coefficient (Wildman–Crippen LogP) is 5.22. The van der Waals surface area contributed by atoms with Crippen molar-refractivity contribution in [3.05, 3.63) is 82.8 Å². The number of carbonyl (C=O) groups excluding carboxylic acids is 1. The van der Waals surface area contributed by atoms with Crippen LogP contribution in [-0.2, 0) is 0 Å². The van der Waals surface area contributed by atoms with Crippen LogP contribution in [0.25, 0.3) is 28.2 Å². The van der Waals surface area contributed by atoms with Crippen molar-refractivity contribution >= 4 is 28.4 Å². The Kier molecular flexibility index (Phi) is 4.34. The molecule has 0 atom stereocenters. The van der Waals surface area contributed by atoms with Crippen LogP contribution in [0.3, 0.4) is 0 Å². The van der Waals surface area contributed by atoms with E-state index in [1.54, 1.807) is 37.3 Å². The van der Waals surface area contributed by atoms with Gasteiger partial charge in [0.05, 0.1) is 22.3 Å². The number of imidazole rings is 1. The summed E-state index contributed by atoms with van der Waals surface area (Å²) in [6, 6.07) is 17.2. The summed E-state index contributed by atoms with van der Waals surface area (Å²) in [6.45, 7) is 1.72. The fourth-order valence-corrected chi connectivity index (χ4v) is 3.70. The number of halogens is 1. The number of aromatic amines is 1. The number of nitrogens with zero attached hydrogens (tertiary/aromatic N) is 2. The summed E-state index contributed by atoms with van der Waals surface area (Å²) in [5, 5.41) is 22.1. The molecule has 0 saturated carbocycles. The number of furan rings is 1. The summed E-state index contributed by atoms with van der Waals surface area (Å²) in [7, 11) is 0. The molecule has 5 aromatic rings. The first-order valence-corrected chi connectivity index (χ1v) is 9.80. The van der Waals surface area contributed by atoms with Crippen molar-refractivity contribution in [2.24, 2.45) is 0 Å². The molecule has 0 aliphatic rings. The highest BCUT2D eigenvalue weighted by Gasteiger charge is 2.32. The second-order valence-electron chi connectivity index (χ2n) is 7.06. The number of rotatable bonds is 4. The molecule has 8 heteroatoms. The third kappa shape index (κ3) is 3.06.